The summed E-state index contributed by atoms with van der Waals surface area (Å²) in [7, 11) is 0. The number of aryl methyl sites for hydroxylation is 1. The predicted molar refractivity (Wildman–Crippen MR) is 80.2 cm³/mol. The van der Waals surface area contributed by atoms with Crippen LogP contribution in [0.25, 0.3) is 0 Å². The summed E-state index contributed by atoms with van der Waals surface area (Å²) in [5, 5.41) is 6.88. The highest BCUT2D eigenvalue weighted by molar-refractivity contribution is 5.94. The van der Waals surface area contributed by atoms with Gasteiger partial charge >= 0.3 is 0 Å². The maximum absolute atomic E-state index is 12.1. The summed E-state index contributed by atoms with van der Waals surface area (Å²) in [5.74, 6) is 1.46. The molecule has 2 aromatic heterocycles. The number of carbonyl (C=O) groups excluding carboxylic acids is 1. The fourth-order valence-corrected chi connectivity index (χ4v) is 2.11. The van der Waals surface area contributed by atoms with Gasteiger partial charge in [-0.15, -0.1) is 0 Å². The van der Waals surface area contributed by atoms with Crippen molar-refractivity contribution in [3.05, 3.63) is 71.7 Å². The molecule has 6 nitrogen and oxygen atoms in total. The van der Waals surface area contributed by atoms with Gasteiger partial charge < -0.3 is 9.73 Å². The van der Waals surface area contributed by atoms with Crippen LogP contribution in [0.15, 0.2) is 53.5 Å². The summed E-state index contributed by atoms with van der Waals surface area (Å²) >= 11 is 0. The SMILES string of the molecule is Cc1ccc(CNC(=O)c2ccc(Cn3cncn3)cc2)o1. The molecule has 0 aliphatic carbocycles. The highest BCUT2D eigenvalue weighted by atomic mass is 16.3. The molecule has 0 unspecified atom stereocenters. The van der Waals surface area contributed by atoms with Crippen molar-refractivity contribution in [2.24, 2.45) is 0 Å². The Hall–Kier alpha value is -2.89. The van der Waals surface area contributed by atoms with Crippen LogP contribution in [0.4, 0.5) is 0 Å². The lowest BCUT2D eigenvalue weighted by atomic mass is 10.1. The van der Waals surface area contributed by atoms with Gasteiger partial charge in [0.1, 0.15) is 24.2 Å². The van der Waals surface area contributed by atoms with Crippen molar-refractivity contribution in [3.8, 4) is 0 Å². The summed E-state index contributed by atoms with van der Waals surface area (Å²) in [6.07, 6.45) is 3.16. The summed E-state index contributed by atoms with van der Waals surface area (Å²) in [5.41, 5.74) is 1.68. The van der Waals surface area contributed by atoms with Gasteiger partial charge in [-0.1, -0.05) is 12.1 Å². The Kier molecular flexibility index (Phi) is 4.00. The smallest absolute Gasteiger partial charge is 0.251 e. The lowest BCUT2D eigenvalue weighted by Crippen LogP contribution is -2.22. The molecule has 0 radical (unpaired) electrons. The number of furan rings is 1. The zero-order valence-corrected chi connectivity index (χ0v) is 12.2. The number of rotatable bonds is 5. The van der Waals surface area contributed by atoms with E-state index < -0.39 is 0 Å². The molecule has 0 aliphatic rings. The van der Waals surface area contributed by atoms with Gasteiger partial charge in [-0.25, -0.2) is 9.67 Å². The fraction of sp³-hybridized carbons (Fsp3) is 0.188. The molecule has 22 heavy (non-hydrogen) atoms. The molecule has 1 aromatic carbocycles. The highest BCUT2D eigenvalue weighted by Gasteiger charge is 2.07. The van der Waals surface area contributed by atoms with E-state index in [0.717, 1.165) is 17.1 Å². The molecule has 112 valence electrons. The molecular weight excluding hydrogens is 280 g/mol. The number of carbonyl (C=O) groups is 1. The normalized spacial score (nSPS) is 10.6. The van der Waals surface area contributed by atoms with E-state index >= 15 is 0 Å². The molecule has 3 aromatic rings. The minimum Gasteiger partial charge on any atom is -0.465 e. The maximum Gasteiger partial charge on any atom is 0.251 e. The maximum atomic E-state index is 12.1. The Bertz CT molecular complexity index is 745. The molecular formula is C16H16N4O2. The summed E-state index contributed by atoms with van der Waals surface area (Å²) in [6, 6.07) is 11.2. The first kappa shape index (κ1) is 14.1. The second-order valence-corrected chi connectivity index (χ2v) is 4.99. The quantitative estimate of drug-likeness (QED) is 0.783. The van der Waals surface area contributed by atoms with Crippen LogP contribution in [0.5, 0.6) is 0 Å². The van der Waals surface area contributed by atoms with Gasteiger partial charge in [-0.3, -0.25) is 4.79 Å². The molecule has 6 heteroatoms. The monoisotopic (exact) mass is 296 g/mol. The topological polar surface area (TPSA) is 73.0 Å². The van der Waals surface area contributed by atoms with Crippen molar-refractivity contribution in [1.82, 2.24) is 20.1 Å². The molecule has 0 saturated heterocycles. The van der Waals surface area contributed by atoms with Crippen molar-refractivity contribution < 1.29 is 9.21 Å². The zero-order chi connectivity index (χ0) is 15.4. The minimum atomic E-state index is -0.124. The van der Waals surface area contributed by atoms with Crippen molar-refractivity contribution in [2.45, 2.75) is 20.0 Å². The molecule has 3 rings (SSSR count). The third kappa shape index (κ3) is 3.41. The molecule has 1 amide bonds. The van der Waals surface area contributed by atoms with Gasteiger partial charge in [0.25, 0.3) is 5.91 Å². The van der Waals surface area contributed by atoms with Crippen molar-refractivity contribution in [1.29, 1.82) is 0 Å². The Balaban J connectivity index is 1.58. The predicted octanol–water partition coefficient (Wildman–Crippen LogP) is 2.16. The minimum absolute atomic E-state index is 0.124. The number of hydrogen-bond acceptors (Lipinski definition) is 4. The lowest BCUT2D eigenvalue weighted by Gasteiger charge is -2.05. The van der Waals surface area contributed by atoms with Crippen LogP contribution in [-0.2, 0) is 13.1 Å². The molecule has 0 atom stereocenters. The molecule has 0 saturated carbocycles. The van der Waals surface area contributed by atoms with E-state index in [1.54, 1.807) is 23.1 Å². The van der Waals surface area contributed by atoms with Gasteiger partial charge in [0.15, 0.2) is 0 Å². The third-order valence-electron chi connectivity index (χ3n) is 3.25. The molecule has 0 aliphatic heterocycles. The van der Waals surface area contributed by atoms with E-state index in [4.69, 9.17) is 4.42 Å². The Morgan fingerprint density at radius 2 is 2.05 bits per heavy atom. The third-order valence-corrected chi connectivity index (χ3v) is 3.25. The first-order valence-corrected chi connectivity index (χ1v) is 6.95. The Morgan fingerprint density at radius 1 is 1.23 bits per heavy atom. The van der Waals surface area contributed by atoms with E-state index in [0.29, 0.717) is 18.7 Å². The molecule has 2 heterocycles. The van der Waals surface area contributed by atoms with E-state index in [-0.39, 0.29) is 5.91 Å². The van der Waals surface area contributed by atoms with Gasteiger partial charge in [0.2, 0.25) is 0 Å². The summed E-state index contributed by atoms with van der Waals surface area (Å²) in [6.45, 7) is 2.89. The summed E-state index contributed by atoms with van der Waals surface area (Å²) in [4.78, 5) is 16.0. The molecule has 1 N–H and O–H groups in total. The second kappa shape index (κ2) is 6.26. The van der Waals surface area contributed by atoms with Gasteiger partial charge in [-0.2, -0.15) is 5.10 Å². The van der Waals surface area contributed by atoms with Crippen LogP contribution in [0.2, 0.25) is 0 Å². The van der Waals surface area contributed by atoms with Crippen LogP contribution in [0, 0.1) is 6.92 Å². The number of hydrogen-bond donors (Lipinski definition) is 1. The number of benzene rings is 1. The Morgan fingerprint density at radius 3 is 2.68 bits per heavy atom. The largest absolute Gasteiger partial charge is 0.465 e. The van der Waals surface area contributed by atoms with Crippen LogP contribution in [-0.4, -0.2) is 20.7 Å². The van der Waals surface area contributed by atoms with Crippen molar-refractivity contribution in [3.63, 3.8) is 0 Å². The first-order valence-electron chi connectivity index (χ1n) is 6.95. The average molecular weight is 296 g/mol. The fourth-order valence-electron chi connectivity index (χ4n) is 2.11. The number of aromatic nitrogens is 3. The van der Waals surface area contributed by atoms with Crippen LogP contribution >= 0.6 is 0 Å². The van der Waals surface area contributed by atoms with Crippen molar-refractivity contribution >= 4 is 5.91 Å². The van der Waals surface area contributed by atoms with Gasteiger partial charge in [-0.05, 0) is 36.8 Å². The zero-order valence-electron chi connectivity index (χ0n) is 12.2. The Labute approximate surface area is 127 Å². The van der Waals surface area contributed by atoms with E-state index in [9.17, 15) is 4.79 Å². The van der Waals surface area contributed by atoms with E-state index in [1.807, 2.05) is 31.2 Å². The lowest BCUT2D eigenvalue weighted by molar-refractivity contribution is 0.0948. The first-order chi connectivity index (χ1) is 10.7. The van der Waals surface area contributed by atoms with E-state index in [1.165, 1.54) is 6.33 Å². The van der Waals surface area contributed by atoms with Crippen LogP contribution < -0.4 is 5.32 Å². The second-order valence-electron chi connectivity index (χ2n) is 4.99. The molecule has 0 fully saturated rings. The average Bonchev–Trinajstić information content (AvgIpc) is 3.17. The van der Waals surface area contributed by atoms with Crippen LogP contribution in [0.1, 0.15) is 27.4 Å². The van der Waals surface area contributed by atoms with Crippen molar-refractivity contribution in [2.75, 3.05) is 0 Å². The van der Waals surface area contributed by atoms with E-state index in [2.05, 4.69) is 15.4 Å². The standard InChI is InChI=1S/C16H16N4O2/c1-12-2-7-15(22-12)8-18-16(21)14-5-3-13(4-6-14)9-20-11-17-10-19-20/h2-7,10-11H,8-9H2,1H3,(H,18,21). The number of amides is 1. The highest BCUT2D eigenvalue weighted by Crippen LogP contribution is 2.08. The van der Waals surface area contributed by atoms with Gasteiger partial charge in [0.05, 0.1) is 13.1 Å². The van der Waals surface area contributed by atoms with Crippen LogP contribution in [0.3, 0.4) is 0 Å². The number of nitrogens with one attached hydrogen (secondary N) is 1. The number of nitrogens with zero attached hydrogens (tertiary/aromatic N) is 3. The molecule has 0 bridgehead atoms. The summed E-state index contributed by atoms with van der Waals surface area (Å²) < 4.78 is 7.15. The molecule has 0 spiro atoms. The van der Waals surface area contributed by atoms with Gasteiger partial charge in [0, 0.05) is 5.56 Å².